The number of likely N-dealkylation sites (tertiary alicyclic amines) is 1. The molecule has 4 fully saturated rings. The van der Waals surface area contributed by atoms with Crippen LogP contribution in [0.2, 0.25) is 0 Å². The number of alkyl halides is 1. The van der Waals surface area contributed by atoms with Gasteiger partial charge in [-0.3, -0.25) is 19.2 Å². The minimum Gasteiger partial charge on any atom is -0.455 e. The lowest BCUT2D eigenvalue weighted by Gasteiger charge is -2.43. The number of aliphatic hydroxyl groups is 1. The van der Waals surface area contributed by atoms with Gasteiger partial charge in [-0.25, -0.2) is 0 Å². The molecule has 52 heavy (non-hydrogen) atoms. The molecule has 1 aromatic carbocycles. The molecule has 2 bridgehead atoms. The summed E-state index contributed by atoms with van der Waals surface area (Å²) in [6, 6.07) is 6.68. The first-order valence-corrected chi connectivity index (χ1v) is 19.8. The lowest BCUT2D eigenvalue weighted by molar-refractivity contribution is -0.164. The first-order chi connectivity index (χ1) is 25.1. The third kappa shape index (κ3) is 7.77. The van der Waals surface area contributed by atoms with Crippen molar-refractivity contribution in [3.05, 3.63) is 61.2 Å². The quantitative estimate of drug-likeness (QED) is 0.122. The average Bonchev–Trinajstić information content (AvgIpc) is 3.75. The van der Waals surface area contributed by atoms with E-state index in [4.69, 9.17) is 14.2 Å². The number of aliphatic hydroxyl groups excluding tert-OH is 1. The summed E-state index contributed by atoms with van der Waals surface area (Å²) >= 11 is 3.78. The fourth-order valence-corrected chi connectivity index (χ4v) is 9.96. The van der Waals surface area contributed by atoms with Gasteiger partial charge in [0.1, 0.15) is 17.7 Å². The van der Waals surface area contributed by atoms with Crippen molar-refractivity contribution in [3.8, 4) is 0 Å². The standard InChI is InChI=1S/C40H56BrN3O8/c1-6-9-20-31(46)42-29(24-50-5)34(26-16-12-10-13-17-26)51-39(49)32-33-37(47)44(30(23-45)25(4)8-3)36(40(33)22-28(41)35(32)52-40)38(48)43(21-7-2)27-18-14-11-15-19-27/h6-7,10,12-13,16-17,25,27-30,32-36,45H,1-2,8-9,11,14-15,18-24H2,3-5H3,(H,42,46)/t25-,28?,29-,30-,32+,33-,34-,35+,36+,40-/m0/s1. The SMILES string of the molecule is C=CCCC(=O)N[C@@H](COC)[C@@H](OC(=O)[C@H]1[C@@H]2O[C@@]3(CC2Br)[C@@H]1C(=O)N([C@@H](CO)[C@@H](C)CC)[C@@H]3C(=O)N(CC=C)C1CCCCC1)c1ccccc1. The molecule has 3 heterocycles. The highest BCUT2D eigenvalue weighted by molar-refractivity contribution is 9.09. The van der Waals surface area contributed by atoms with Crippen LogP contribution in [0.3, 0.4) is 0 Å². The van der Waals surface area contributed by atoms with Crippen LogP contribution >= 0.6 is 15.9 Å². The Morgan fingerprint density at radius 1 is 1.17 bits per heavy atom. The number of benzene rings is 1. The predicted molar refractivity (Wildman–Crippen MR) is 200 cm³/mol. The monoisotopic (exact) mass is 785 g/mol. The number of hydrogen-bond acceptors (Lipinski definition) is 8. The number of amides is 3. The zero-order chi connectivity index (χ0) is 37.6. The zero-order valence-electron chi connectivity index (χ0n) is 30.8. The van der Waals surface area contributed by atoms with Gasteiger partial charge in [0, 0.05) is 30.9 Å². The average molecular weight is 787 g/mol. The van der Waals surface area contributed by atoms with Crippen LogP contribution < -0.4 is 5.32 Å². The summed E-state index contributed by atoms with van der Waals surface area (Å²) in [5.41, 5.74) is -0.674. The van der Waals surface area contributed by atoms with E-state index in [0.29, 0.717) is 31.4 Å². The highest BCUT2D eigenvalue weighted by Crippen LogP contribution is 2.61. The summed E-state index contributed by atoms with van der Waals surface area (Å²) in [5.74, 6) is -3.71. The van der Waals surface area contributed by atoms with E-state index in [-0.39, 0.29) is 54.1 Å². The van der Waals surface area contributed by atoms with Crippen LogP contribution in [0.5, 0.6) is 0 Å². The molecule has 1 aromatic rings. The summed E-state index contributed by atoms with van der Waals surface area (Å²) in [7, 11) is 1.51. The number of nitrogens with zero attached hydrogens (tertiary/aromatic N) is 2. The molecule has 3 aliphatic heterocycles. The van der Waals surface area contributed by atoms with Crippen LogP contribution in [-0.2, 0) is 33.4 Å². The van der Waals surface area contributed by atoms with E-state index in [1.54, 1.807) is 17.1 Å². The van der Waals surface area contributed by atoms with Crippen molar-refractivity contribution in [1.82, 2.24) is 15.1 Å². The molecule has 1 saturated carbocycles. The molecule has 12 heteroatoms. The van der Waals surface area contributed by atoms with Gasteiger partial charge in [0.05, 0.1) is 43.2 Å². The highest BCUT2D eigenvalue weighted by atomic mass is 79.9. The minimum absolute atomic E-state index is 0.00648. The topological polar surface area (TPSA) is 135 Å². The number of carbonyl (C=O) groups is 4. The Morgan fingerprint density at radius 2 is 1.88 bits per heavy atom. The fourth-order valence-electron chi connectivity index (χ4n) is 9.02. The molecule has 1 aliphatic carbocycles. The maximum Gasteiger partial charge on any atom is 0.313 e. The van der Waals surface area contributed by atoms with Crippen molar-refractivity contribution in [2.45, 2.75) is 118 Å². The van der Waals surface area contributed by atoms with Crippen LogP contribution in [0, 0.1) is 17.8 Å². The largest absolute Gasteiger partial charge is 0.455 e. The first-order valence-electron chi connectivity index (χ1n) is 18.9. The second-order valence-electron chi connectivity index (χ2n) is 14.8. The van der Waals surface area contributed by atoms with Crippen molar-refractivity contribution in [1.29, 1.82) is 0 Å². The Kier molecular flexibility index (Phi) is 13.8. The molecule has 4 aliphatic rings. The van der Waals surface area contributed by atoms with E-state index < -0.39 is 53.7 Å². The Bertz CT molecular complexity index is 1440. The molecule has 5 rings (SSSR count). The number of fused-ring (bicyclic) bond motifs is 1. The van der Waals surface area contributed by atoms with E-state index in [1.807, 2.05) is 49.1 Å². The molecule has 2 N–H and O–H groups in total. The molecule has 0 aromatic heterocycles. The maximum atomic E-state index is 15.1. The summed E-state index contributed by atoms with van der Waals surface area (Å²) in [6.07, 6.45) is 8.24. The molecule has 286 valence electrons. The molecule has 11 nitrogen and oxygen atoms in total. The van der Waals surface area contributed by atoms with Gasteiger partial charge >= 0.3 is 5.97 Å². The molecular weight excluding hydrogens is 730 g/mol. The number of carbonyl (C=O) groups excluding carboxylic acids is 4. The number of methoxy groups -OCH3 is 1. The Hall–Kier alpha value is -3.06. The Balaban J connectivity index is 1.55. The highest BCUT2D eigenvalue weighted by Gasteiger charge is 2.78. The van der Waals surface area contributed by atoms with Gasteiger partial charge in [-0.2, -0.15) is 0 Å². The summed E-state index contributed by atoms with van der Waals surface area (Å²) in [5, 5.41) is 13.8. The van der Waals surface area contributed by atoms with Gasteiger partial charge in [0.15, 0.2) is 0 Å². The second-order valence-corrected chi connectivity index (χ2v) is 16.0. The number of ether oxygens (including phenoxy) is 3. The number of nitrogens with one attached hydrogen (secondary N) is 1. The van der Waals surface area contributed by atoms with Gasteiger partial charge in [0.2, 0.25) is 17.7 Å². The number of esters is 1. The van der Waals surface area contributed by atoms with E-state index in [0.717, 1.165) is 32.1 Å². The molecule has 10 atom stereocenters. The van der Waals surface area contributed by atoms with Gasteiger partial charge < -0.3 is 34.4 Å². The lowest BCUT2D eigenvalue weighted by Crippen LogP contribution is -2.61. The second kappa shape index (κ2) is 17.8. The molecule has 3 amide bonds. The fraction of sp³-hybridized carbons (Fsp3) is 0.650. The third-order valence-corrected chi connectivity index (χ3v) is 12.6. The molecule has 1 unspecified atom stereocenters. The van der Waals surface area contributed by atoms with E-state index >= 15 is 4.79 Å². The number of hydrogen-bond donors (Lipinski definition) is 2. The van der Waals surface area contributed by atoms with Gasteiger partial charge in [-0.15, -0.1) is 13.2 Å². The predicted octanol–water partition coefficient (Wildman–Crippen LogP) is 4.87. The van der Waals surface area contributed by atoms with Crippen LogP contribution in [0.4, 0.5) is 0 Å². The van der Waals surface area contributed by atoms with E-state index in [2.05, 4.69) is 34.4 Å². The van der Waals surface area contributed by atoms with Crippen LogP contribution in [0.1, 0.15) is 83.3 Å². The van der Waals surface area contributed by atoms with E-state index in [1.165, 1.54) is 7.11 Å². The first kappa shape index (κ1) is 40.1. The van der Waals surface area contributed by atoms with Crippen LogP contribution in [-0.4, -0.2) is 106 Å². The maximum absolute atomic E-state index is 15.1. The van der Waals surface area contributed by atoms with E-state index in [9.17, 15) is 19.5 Å². The Labute approximate surface area is 316 Å². The molecular formula is C40H56BrN3O8. The minimum atomic E-state index is -1.32. The van der Waals surface area contributed by atoms with Crippen molar-refractivity contribution in [2.24, 2.45) is 17.8 Å². The number of halogens is 1. The summed E-state index contributed by atoms with van der Waals surface area (Å²) in [6.45, 7) is 11.6. The molecule has 0 radical (unpaired) electrons. The van der Waals surface area contributed by atoms with Crippen LogP contribution in [0.25, 0.3) is 0 Å². The van der Waals surface area contributed by atoms with Gasteiger partial charge in [-0.1, -0.05) is 97.9 Å². The summed E-state index contributed by atoms with van der Waals surface area (Å²) in [4.78, 5) is 60.7. The number of allylic oxidation sites excluding steroid dienone is 1. The van der Waals surface area contributed by atoms with Crippen molar-refractivity contribution >= 4 is 39.6 Å². The number of rotatable bonds is 18. The van der Waals surface area contributed by atoms with Gasteiger partial charge in [-0.05, 0) is 37.2 Å². The van der Waals surface area contributed by atoms with Gasteiger partial charge in [0.25, 0.3) is 0 Å². The summed E-state index contributed by atoms with van der Waals surface area (Å²) < 4.78 is 18.7. The Morgan fingerprint density at radius 3 is 2.50 bits per heavy atom. The third-order valence-electron chi connectivity index (χ3n) is 11.7. The van der Waals surface area contributed by atoms with Crippen molar-refractivity contribution in [2.75, 3.05) is 26.9 Å². The zero-order valence-corrected chi connectivity index (χ0v) is 32.4. The molecule has 3 saturated heterocycles. The molecule has 1 spiro atoms. The van der Waals surface area contributed by atoms with Crippen molar-refractivity contribution in [3.63, 3.8) is 0 Å². The normalized spacial score (nSPS) is 29.1. The van der Waals surface area contributed by atoms with Crippen LogP contribution in [0.15, 0.2) is 55.6 Å². The smallest absolute Gasteiger partial charge is 0.313 e. The van der Waals surface area contributed by atoms with Crippen molar-refractivity contribution < 1.29 is 38.5 Å². The lowest BCUT2D eigenvalue weighted by atomic mass is 9.70.